The second kappa shape index (κ2) is 4.95. The van der Waals surface area contributed by atoms with Gasteiger partial charge in [0, 0.05) is 19.0 Å². The van der Waals surface area contributed by atoms with Crippen LogP contribution < -0.4 is 0 Å². The highest BCUT2D eigenvalue weighted by molar-refractivity contribution is 5.81. The number of carboxylic acid groups (broad SMARTS) is 1. The summed E-state index contributed by atoms with van der Waals surface area (Å²) in [5.41, 5.74) is 0. The fourth-order valence-electron chi connectivity index (χ4n) is 1.36. The standard InChI is InChI=1S/C9H15NO4/c11-6-5-10(7-1-2-7)8(12)3-4-9(13)14/h7,11H,1-6H2,(H,13,14). The third kappa shape index (κ3) is 3.33. The van der Waals surface area contributed by atoms with Gasteiger partial charge in [0.1, 0.15) is 0 Å². The summed E-state index contributed by atoms with van der Waals surface area (Å²) < 4.78 is 0. The van der Waals surface area contributed by atoms with E-state index in [-0.39, 0.29) is 31.4 Å². The molecule has 1 amide bonds. The summed E-state index contributed by atoms with van der Waals surface area (Å²) in [4.78, 5) is 23.3. The van der Waals surface area contributed by atoms with Crippen molar-refractivity contribution >= 4 is 11.9 Å². The number of aliphatic carboxylic acids is 1. The Morgan fingerprint density at radius 2 is 1.93 bits per heavy atom. The van der Waals surface area contributed by atoms with Gasteiger partial charge in [0.2, 0.25) is 5.91 Å². The topological polar surface area (TPSA) is 77.8 Å². The average Bonchev–Trinajstić information content (AvgIpc) is 2.93. The highest BCUT2D eigenvalue weighted by Crippen LogP contribution is 2.27. The van der Waals surface area contributed by atoms with Crippen molar-refractivity contribution in [3.8, 4) is 0 Å². The van der Waals surface area contributed by atoms with E-state index in [1.807, 2.05) is 0 Å². The zero-order valence-corrected chi connectivity index (χ0v) is 7.98. The van der Waals surface area contributed by atoms with E-state index in [4.69, 9.17) is 10.2 Å². The van der Waals surface area contributed by atoms with Crippen molar-refractivity contribution in [1.29, 1.82) is 0 Å². The van der Waals surface area contributed by atoms with Gasteiger partial charge in [-0.2, -0.15) is 0 Å². The molecule has 1 fully saturated rings. The number of amides is 1. The summed E-state index contributed by atoms with van der Waals surface area (Å²) >= 11 is 0. The molecule has 1 aliphatic rings. The minimum absolute atomic E-state index is 0.0336. The average molecular weight is 201 g/mol. The number of carbonyl (C=O) groups is 2. The monoisotopic (exact) mass is 201 g/mol. The van der Waals surface area contributed by atoms with Gasteiger partial charge >= 0.3 is 5.97 Å². The molecule has 0 aromatic heterocycles. The Kier molecular flexibility index (Phi) is 3.88. The largest absolute Gasteiger partial charge is 0.481 e. The molecular formula is C9H15NO4. The van der Waals surface area contributed by atoms with E-state index in [2.05, 4.69) is 0 Å². The van der Waals surface area contributed by atoms with E-state index < -0.39 is 5.97 Å². The van der Waals surface area contributed by atoms with E-state index in [1.54, 1.807) is 4.90 Å². The van der Waals surface area contributed by atoms with Gasteiger partial charge in [-0.25, -0.2) is 0 Å². The number of hydrogen-bond acceptors (Lipinski definition) is 3. The van der Waals surface area contributed by atoms with E-state index in [0.29, 0.717) is 6.54 Å². The fourth-order valence-corrected chi connectivity index (χ4v) is 1.36. The number of hydrogen-bond donors (Lipinski definition) is 2. The lowest BCUT2D eigenvalue weighted by molar-refractivity contribution is -0.141. The summed E-state index contributed by atoms with van der Waals surface area (Å²) in [6.45, 7) is 0.262. The lowest BCUT2D eigenvalue weighted by Crippen LogP contribution is -2.35. The molecule has 0 saturated heterocycles. The van der Waals surface area contributed by atoms with Crippen LogP contribution in [0.1, 0.15) is 25.7 Å². The van der Waals surface area contributed by atoms with Crippen LogP contribution in [0.3, 0.4) is 0 Å². The summed E-state index contributed by atoms with van der Waals surface area (Å²) in [5, 5.41) is 17.1. The number of carboxylic acids is 1. The minimum atomic E-state index is -0.960. The van der Waals surface area contributed by atoms with Crippen LogP contribution in [0.5, 0.6) is 0 Å². The highest BCUT2D eigenvalue weighted by atomic mass is 16.4. The molecule has 5 nitrogen and oxygen atoms in total. The Morgan fingerprint density at radius 1 is 1.29 bits per heavy atom. The molecular weight excluding hydrogens is 186 g/mol. The van der Waals surface area contributed by atoms with E-state index >= 15 is 0 Å². The van der Waals surface area contributed by atoms with Crippen molar-refractivity contribution in [1.82, 2.24) is 4.90 Å². The molecule has 0 aromatic carbocycles. The van der Waals surface area contributed by atoms with Crippen LogP contribution >= 0.6 is 0 Å². The first-order valence-corrected chi connectivity index (χ1v) is 4.77. The predicted octanol–water partition coefficient (Wildman–Crippen LogP) is -0.165. The van der Waals surface area contributed by atoms with Gasteiger partial charge in [0.15, 0.2) is 0 Å². The fraction of sp³-hybridized carbons (Fsp3) is 0.778. The molecule has 14 heavy (non-hydrogen) atoms. The molecule has 0 bridgehead atoms. The maximum absolute atomic E-state index is 11.5. The van der Waals surface area contributed by atoms with Crippen LogP contribution in [-0.2, 0) is 9.59 Å². The van der Waals surface area contributed by atoms with Crippen molar-refractivity contribution in [2.45, 2.75) is 31.7 Å². The molecule has 0 radical (unpaired) electrons. The molecule has 1 rings (SSSR count). The third-order valence-corrected chi connectivity index (χ3v) is 2.20. The third-order valence-electron chi connectivity index (χ3n) is 2.20. The molecule has 5 heteroatoms. The molecule has 0 heterocycles. The number of carbonyl (C=O) groups excluding carboxylic acids is 1. The molecule has 1 saturated carbocycles. The van der Waals surface area contributed by atoms with Crippen molar-refractivity contribution in [2.24, 2.45) is 0 Å². The van der Waals surface area contributed by atoms with Crippen LogP contribution in [0, 0.1) is 0 Å². The first kappa shape index (κ1) is 11.0. The Labute approximate surface area is 82.3 Å². The van der Waals surface area contributed by atoms with Crippen LogP contribution in [0.2, 0.25) is 0 Å². The Bertz CT molecular complexity index is 225. The van der Waals surface area contributed by atoms with E-state index in [9.17, 15) is 9.59 Å². The Hall–Kier alpha value is -1.10. The zero-order chi connectivity index (χ0) is 10.6. The van der Waals surface area contributed by atoms with Crippen molar-refractivity contribution < 1.29 is 19.8 Å². The summed E-state index contributed by atoms with van der Waals surface area (Å²) in [5.74, 6) is -1.12. The molecule has 0 spiro atoms. The second-order valence-electron chi connectivity index (χ2n) is 3.44. The van der Waals surface area contributed by atoms with Crippen LogP contribution in [0.15, 0.2) is 0 Å². The number of aliphatic hydroxyl groups excluding tert-OH is 1. The zero-order valence-electron chi connectivity index (χ0n) is 7.98. The number of nitrogens with zero attached hydrogens (tertiary/aromatic N) is 1. The first-order valence-electron chi connectivity index (χ1n) is 4.77. The molecule has 80 valence electrons. The summed E-state index contributed by atoms with van der Waals surface area (Å²) in [6, 6.07) is 0.239. The first-order chi connectivity index (χ1) is 6.65. The number of aliphatic hydroxyl groups is 1. The molecule has 0 aromatic rings. The highest BCUT2D eigenvalue weighted by Gasteiger charge is 2.31. The molecule has 2 N–H and O–H groups in total. The van der Waals surface area contributed by atoms with Gasteiger partial charge in [-0.15, -0.1) is 0 Å². The van der Waals surface area contributed by atoms with Crippen molar-refractivity contribution in [3.05, 3.63) is 0 Å². The quantitative estimate of drug-likeness (QED) is 0.625. The normalized spacial score (nSPS) is 15.2. The maximum Gasteiger partial charge on any atom is 0.303 e. The van der Waals surface area contributed by atoms with Crippen LogP contribution in [0.25, 0.3) is 0 Å². The Balaban J connectivity index is 2.34. The van der Waals surface area contributed by atoms with Crippen LogP contribution in [0.4, 0.5) is 0 Å². The molecule has 0 atom stereocenters. The van der Waals surface area contributed by atoms with E-state index in [1.165, 1.54) is 0 Å². The van der Waals surface area contributed by atoms with Gasteiger partial charge in [-0.1, -0.05) is 0 Å². The molecule has 0 aliphatic heterocycles. The van der Waals surface area contributed by atoms with Gasteiger partial charge in [-0.3, -0.25) is 9.59 Å². The maximum atomic E-state index is 11.5. The lowest BCUT2D eigenvalue weighted by Gasteiger charge is -2.20. The smallest absolute Gasteiger partial charge is 0.303 e. The second-order valence-corrected chi connectivity index (χ2v) is 3.44. The molecule has 0 unspecified atom stereocenters. The summed E-state index contributed by atoms with van der Waals surface area (Å²) in [7, 11) is 0. The van der Waals surface area contributed by atoms with E-state index in [0.717, 1.165) is 12.8 Å². The summed E-state index contributed by atoms with van der Waals surface area (Å²) in [6.07, 6.45) is 1.84. The SMILES string of the molecule is O=C(O)CCC(=O)N(CCO)C1CC1. The van der Waals surface area contributed by atoms with Crippen molar-refractivity contribution in [3.63, 3.8) is 0 Å². The van der Waals surface area contributed by atoms with Crippen LogP contribution in [-0.4, -0.2) is 46.2 Å². The van der Waals surface area contributed by atoms with Crippen molar-refractivity contribution in [2.75, 3.05) is 13.2 Å². The minimum Gasteiger partial charge on any atom is -0.481 e. The van der Waals surface area contributed by atoms with Gasteiger partial charge in [0.05, 0.1) is 13.0 Å². The van der Waals surface area contributed by atoms with Gasteiger partial charge < -0.3 is 15.1 Å². The molecule has 1 aliphatic carbocycles. The predicted molar refractivity (Wildman–Crippen MR) is 48.7 cm³/mol. The Morgan fingerprint density at radius 3 is 2.36 bits per heavy atom. The lowest BCUT2D eigenvalue weighted by atomic mass is 10.2. The van der Waals surface area contributed by atoms with Gasteiger partial charge in [-0.05, 0) is 12.8 Å². The van der Waals surface area contributed by atoms with Gasteiger partial charge in [0.25, 0.3) is 0 Å². The number of rotatable bonds is 6.